The summed E-state index contributed by atoms with van der Waals surface area (Å²) < 4.78 is 14.4. The van der Waals surface area contributed by atoms with Crippen molar-refractivity contribution in [3.63, 3.8) is 0 Å². The second-order valence-corrected chi connectivity index (χ2v) is 6.38. The molecule has 2 N–H and O–H groups in total. The van der Waals surface area contributed by atoms with E-state index in [1.807, 2.05) is 13.8 Å². The van der Waals surface area contributed by atoms with Crippen molar-refractivity contribution in [3.8, 4) is 11.3 Å². The van der Waals surface area contributed by atoms with Crippen LogP contribution in [0.2, 0.25) is 0 Å². The van der Waals surface area contributed by atoms with Gasteiger partial charge >= 0.3 is 0 Å². The van der Waals surface area contributed by atoms with Crippen LogP contribution in [0.5, 0.6) is 0 Å². The lowest BCUT2D eigenvalue weighted by molar-refractivity contribution is 0.628. The van der Waals surface area contributed by atoms with Gasteiger partial charge in [-0.15, -0.1) is 0 Å². The van der Waals surface area contributed by atoms with Crippen LogP contribution in [-0.4, -0.2) is 24.8 Å². The van der Waals surface area contributed by atoms with E-state index in [1.54, 1.807) is 24.3 Å². The van der Waals surface area contributed by atoms with Crippen molar-refractivity contribution in [2.45, 2.75) is 26.7 Å². The van der Waals surface area contributed by atoms with Crippen molar-refractivity contribution in [1.29, 1.82) is 0 Å². The average Bonchev–Trinajstić information content (AvgIpc) is 3.18. The fourth-order valence-electron chi connectivity index (χ4n) is 3.15. The minimum absolute atomic E-state index is 0.192. The first-order chi connectivity index (χ1) is 12.5. The van der Waals surface area contributed by atoms with Crippen LogP contribution in [-0.2, 0) is 12.8 Å². The SMILES string of the molecule is Cc1n[nH]c(C)c1CCc1cc(=O)n2nc(-c3ccc(F)cc3)cc2[nH]1. The maximum Gasteiger partial charge on any atom is 0.274 e. The fraction of sp³-hybridized carbons (Fsp3) is 0.211. The fourth-order valence-corrected chi connectivity index (χ4v) is 3.15. The number of nitrogens with zero attached hydrogens (tertiary/aromatic N) is 3. The van der Waals surface area contributed by atoms with E-state index in [0.717, 1.165) is 29.1 Å². The molecule has 0 spiro atoms. The molecule has 4 rings (SSSR count). The zero-order valence-electron chi connectivity index (χ0n) is 14.5. The Bertz CT molecular complexity index is 1120. The van der Waals surface area contributed by atoms with E-state index in [4.69, 9.17) is 0 Å². The van der Waals surface area contributed by atoms with Gasteiger partial charge in [-0.2, -0.15) is 14.7 Å². The molecular weight excluding hydrogens is 333 g/mol. The van der Waals surface area contributed by atoms with Gasteiger partial charge in [0.25, 0.3) is 5.56 Å². The number of aromatic amines is 2. The molecule has 132 valence electrons. The van der Waals surface area contributed by atoms with Gasteiger partial charge in [-0.05, 0) is 56.5 Å². The number of halogens is 1. The van der Waals surface area contributed by atoms with Gasteiger partial charge in [0, 0.05) is 29.1 Å². The van der Waals surface area contributed by atoms with Gasteiger partial charge in [0.2, 0.25) is 0 Å². The van der Waals surface area contributed by atoms with Crippen LogP contribution in [0.4, 0.5) is 4.39 Å². The number of hydrogen-bond donors (Lipinski definition) is 2. The van der Waals surface area contributed by atoms with Crippen molar-refractivity contribution in [2.24, 2.45) is 0 Å². The standard InChI is InChI=1S/C19H18FN5O/c1-11-16(12(2)23-22-11)8-7-15-9-19(26)25-18(21-15)10-17(24-25)13-3-5-14(20)6-4-13/h3-6,9-10,21H,7-8H2,1-2H3,(H,22,23). The summed E-state index contributed by atoms with van der Waals surface area (Å²) in [5.41, 5.74) is 5.85. The molecule has 0 amide bonds. The van der Waals surface area contributed by atoms with Crippen molar-refractivity contribution < 1.29 is 4.39 Å². The lowest BCUT2D eigenvalue weighted by Crippen LogP contribution is -2.15. The molecule has 1 aromatic carbocycles. The van der Waals surface area contributed by atoms with E-state index >= 15 is 0 Å². The Kier molecular flexibility index (Phi) is 3.91. The minimum atomic E-state index is -0.305. The molecule has 0 bridgehead atoms. The van der Waals surface area contributed by atoms with Gasteiger partial charge in [0.05, 0.1) is 11.4 Å². The number of hydrogen-bond acceptors (Lipinski definition) is 3. The van der Waals surface area contributed by atoms with Gasteiger partial charge in [0.1, 0.15) is 11.5 Å². The molecule has 0 aliphatic heterocycles. The number of benzene rings is 1. The van der Waals surface area contributed by atoms with Gasteiger partial charge < -0.3 is 4.98 Å². The predicted octanol–water partition coefficient (Wildman–Crippen LogP) is 2.95. The summed E-state index contributed by atoms with van der Waals surface area (Å²) in [4.78, 5) is 15.7. The van der Waals surface area contributed by atoms with Gasteiger partial charge in [-0.25, -0.2) is 4.39 Å². The topological polar surface area (TPSA) is 78.8 Å². The molecule has 4 aromatic rings. The zero-order chi connectivity index (χ0) is 18.3. The molecular formula is C19H18FN5O. The summed E-state index contributed by atoms with van der Waals surface area (Å²) in [5.74, 6) is -0.305. The highest BCUT2D eigenvalue weighted by atomic mass is 19.1. The molecule has 0 atom stereocenters. The molecule has 0 saturated carbocycles. The first-order valence-electron chi connectivity index (χ1n) is 8.39. The Morgan fingerprint density at radius 3 is 2.58 bits per heavy atom. The molecule has 7 heteroatoms. The molecule has 0 aliphatic carbocycles. The molecule has 3 aromatic heterocycles. The lowest BCUT2D eigenvalue weighted by atomic mass is 10.1. The van der Waals surface area contributed by atoms with E-state index in [9.17, 15) is 9.18 Å². The van der Waals surface area contributed by atoms with Crippen LogP contribution < -0.4 is 5.56 Å². The van der Waals surface area contributed by atoms with E-state index in [1.165, 1.54) is 22.2 Å². The summed E-state index contributed by atoms with van der Waals surface area (Å²) in [7, 11) is 0. The number of aromatic nitrogens is 5. The largest absolute Gasteiger partial charge is 0.343 e. The average molecular weight is 351 g/mol. The van der Waals surface area contributed by atoms with Crippen LogP contribution >= 0.6 is 0 Å². The van der Waals surface area contributed by atoms with Crippen molar-refractivity contribution >= 4 is 5.65 Å². The van der Waals surface area contributed by atoms with E-state index < -0.39 is 0 Å². The third-order valence-electron chi connectivity index (χ3n) is 4.57. The number of rotatable bonds is 4. The zero-order valence-corrected chi connectivity index (χ0v) is 14.5. The Morgan fingerprint density at radius 1 is 1.12 bits per heavy atom. The van der Waals surface area contributed by atoms with Crippen LogP contribution in [0, 0.1) is 19.7 Å². The van der Waals surface area contributed by atoms with Crippen LogP contribution in [0.15, 0.2) is 41.2 Å². The maximum absolute atomic E-state index is 13.1. The molecule has 0 saturated heterocycles. The second kappa shape index (κ2) is 6.25. The van der Waals surface area contributed by atoms with E-state index in [2.05, 4.69) is 20.3 Å². The first-order valence-corrected chi connectivity index (χ1v) is 8.39. The number of aryl methyl sites for hydroxylation is 3. The summed E-state index contributed by atoms with van der Waals surface area (Å²) in [6, 6.07) is 9.41. The summed E-state index contributed by atoms with van der Waals surface area (Å²) >= 11 is 0. The predicted molar refractivity (Wildman–Crippen MR) is 96.7 cm³/mol. The van der Waals surface area contributed by atoms with Gasteiger partial charge in [-0.3, -0.25) is 9.89 Å². The smallest absolute Gasteiger partial charge is 0.274 e. The number of fused-ring (bicyclic) bond motifs is 1. The van der Waals surface area contributed by atoms with Gasteiger partial charge in [0.15, 0.2) is 0 Å². The van der Waals surface area contributed by atoms with Crippen molar-refractivity contribution in [3.05, 3.63) is 75.2 Å². The highest BCUT2D eigenvalue weighted by molar-refractivity contribution is 5.63. The number of H-pyrrole nitrogens is 2. The number of nitrogens with one attached hydrogen (secondary N) is 2. The molecule has 0 fully saturated rings. The quantitative estimate of drug-likeness (QED) is 0.593. The highest BCUT2D eigenvalue weighted by Crippen LogP contribution is 2.19. The third kappa shape index (κ3) is 2.92. The van der Waals surface area contributed by atoms with Crippen LogP contribution in [0.3, 0.4) is 0 Å². The van der Waals surface area contributed by atoms with Crippen molar-refractivity contribution in [1.82, 2.24) is 24.8 Å². The molecule has 3 heterocycles. The molecule has 0 unspecified atom stereocenters. The van der Waals surface area contributed by atoms with E-state index in [-0.39, 0.29) is 11.4 Å². The Hall–Kier alpha value is -3.22. The Morgan fingerprint density at radius 2 is 1.88 bits per heavy atom. The normalized spacial score (nSPS) is 11.3. The minimum Gasteiger partial charge on any atom is -0.343 e. The highest BCUT2D eigenvalue weighted by Gasteiger charge is 2.11. The molecule has 6 nitrogen and oxygen atoms in total. The maximum atomic E-state index is 13.1. The second-order valence-electron chi connectivity index (χ2n) is 6.38. The van der Waals surface area contributed by atoms with Crippen LogP contribution in [0.25, 0.3) is 16.9 Å². The molecule has 26 heavy (non-hydrogen) atoms. The van der Waals surface area contributed by atoms with E-state index in [0.29, 0.717) is 17.8 Å². The van der Waals surface area contributed by atoms with Crippen molar-refractivity contribution in [2.75, 3.05) is 0 Å². The van der Waals surface area contributed by atoms with Crippen LogP contribution in [0.1, 0.15) is 22.6 Å². The van der Waals surface area contributed by atoms with Gasteiger partial charge in [-0.1, -0.05) is 0 Å². The Balaban J connectivity index is 1.65. The molecule has 0 radical (unpaired) electrons. The monoisotopic (exact) mass is 351 g/mol. The summed E-state index contributed by atoms with van der Waals surface area (Å²) in [6.45, 7) is 3.96. The summed E-state index contributed by atoms with van der Waals surface area (Å²) in [6.07, 6.45) is 1.49. The molecule has 0 aliphatic rings. The Labute approximate surface area is 148 Å². The third-order valence-corrected chi connectivity index (χ3v) is 4.57. The summed E-state index contributed by atoms with van der Waals surface area (Å²) in [5, 5.41) is 11.5. The lowest BCUT2D eigenvalue weighted by Gasteiger charge is -2.03. The first kappa shape index (κ1) is 16.3.